The standard InChI is InChI=1S/C30H38N4O6/c1-15-9-10-18-19(28(37)33-26(15)18)11-22(24(36)14-35)32-29(38)27-17-6-3-5-16(17)13-34(27)30(39)23-12-20-21(31-23)7-4-8-25(20)40-2/h4,7-8,12,15-19,22,26-27,31,35H,3,5-6,9-11,13-14H2,1-2H3,(H,32,38)(H,33,37)/t15-,16+,17+,18-,19-,22+,26?,27+/m1/s1. The van der Waals surface area contributed by atoms with Crippen LogP contribution in [0.1, 0.15) is 55.9 Å². The number of hydrogen-bond acceptors (Lipinski definition) is 6. The zero-order chi connectivity index (χ0) is 28.1. The lowest BCUT2D eigenvalue weighted by atomic mass is 9.85. The van der Waals surface area contributed by atoms with E-state index in [0.717, 1.165) is 43.0 Å². The van der Waals surface area contributed by atoms with Crippen LogP contribution in [0.15, 0.2) is 24.3 Å². The molecule has 1 aromatic heterocycles. The van der Waals surface area contributed by atoms with Crippen molar-refractivity contribution in [3.63, 3.8) is 0 Å². The summed E-state index contributed by atoms with van der Waals surface area (Å²) in [4.78, 5) is 58.2. The summed E-state index contributed by atoms with van der Waals surface area (Å²) in [7, 11) is 1.58. The van der Waals surface area contributed by atoms with Gasteiger partial charge in [-0.15, -0.1) is 0 Å². The van der Waals surface area contributed by atoms with E-state index in [4.69, 9.17) is 4.74 Å². The second-order valence-electron chi connectivity index (χ2n) is 12.1. The predicted octanol–water partition coefficient (Wildman–Crippen LogP) is 2.01. The fraction of sp³-hybridized carbons (Fsp3) is 0.600. The van der Waals surface area contributed by atoms with Gasteiger partial charge in [0, 0.05) is 29.4 Å². The maximum atomic E-state index is 13.9. The van der Waals surface area contributed by atoms with Gasteiger partial charge in [-0.1, -0.05) is 19.4 Å². The van der Waals surface area contributed by atoms with Gasteiger partial charge in [-0.25, -0.2) is 0 Å². The number of likely N-dealkylation sites (tertiary alicyclic amines) is 1. The Hall–Kier alpha value is -3.40. The molecule has 4 fully saturated rings. The number of amides is 3. The molecule has 1 unspecified atom stereocenters. The zero-order valence-electron chi connectivity index (χ0n) is 23.0. The number of carbonyl (C=O) groups is 4. The molecule has 3 heterocycles. The number of nitrogens with zero attached hydrogens (tertiary/aromatic N) is 1. The topological polar surface area (TPSA) is 141 Å². The van der Waals surface area contributed by atoms with Gasteiger partial charge < -0.3 is 30.4 Å². The molecule has 8 atom stereocenters. The van der Waals surface area contributed by atoms with Gasteiger partial charge in [0.15, 0.2) is 5.78 Å². The monoisotopic (exact) mass is 550 g/mol. The molecule has 10 heteroatoms. The quantitative estimate of drug-likeness (QED) is 0.396. The van der Waals surface area contributed by atoms with Crippen LogP contribution in [-0.2, 0) is 14.4 Å². The molecule has 0 radical (unpaired) electrons. The number of H-pyrrole nitrogens is 1. The van der Waals surface area contributed by atoms with Crippen LogP contribution < -0.4 is 15.4 Å². The van der Waals surface area contributed by atoms with Gasteiger partial charge >= 0.3 is 0 Å². The molecule has 214 valence electrons. The maximum absolute atomic E-state index is 13.9. The van der Waals surface area contributed by atoms with E-state index in [1.54, 1.807) is 18.1 Å². The van der Waals surface area contributed by atoms with Crippen molar-refractivity contribution in [3.8, 4) is 5.75 Å². The summed E-state index contributed by atoms with van der Waals surface area (Å²) in [6.07, 6.45) is 4.83. The Labute approximate surface area is 233 Å². The third-order valence-electron chi connectivity index (χ3n) is 10.0. The highest BCUT2D eigenvalue weighted by Gasteiger charge is 2.52. The van der Waals surface area contributed by atoms with Crippen molar-refractivity contribution in [1.29, 1.82) is 0 Å². The molecule has 0 bridgehead atoms. The highest BCUT2D eigenvalue weighted by atomic mass is 16.5. The van der Waals surface area contributed by atoms with E-state index >= 15 is 0 Å². The number of fused-ring (bicyclic) bond motifs is 3. The molecule has 2 aliphatic heterocycles. The molecule has 2 aliphatic carbocycles. The lowest BCUT2D eigenvalue weighted by Gasteiger charge is -2.29. The van der Waals surface area contributed by atoms with Crippen molar-refractivity contribution in [3.05, 3.63) is 30.0 Å². The number of ketones is 1. The van der Waals surface area contributed by atoms with Crippen molar-refractivity contribution in [2.24, 2.45) is 29.6 Å². The van der Waals surface area contributed by atoms with E-state index in [0.29, 0.717) is 23.9 Å². The molecule has 4 aliphatic rings. The summed E-state index contributed by atoms with van der Waals surface area (Å²) in [5.74, 6) is -0.285. The van der Waals surface area contributed by atoms with Crippen LogP contribution in [0.5, 0.6) is 5.75 Å². The van der Waals surface area contributed by atoms with Crippen molar-refractivity contribution < 1.29 is 29.0 Å². The number of aromatic nitrogens is 1. The van der Waals surface area contributed by atoms with Crippen LogP contribution in [0.25, 0.3) is 10.9 Å². The molecule has 0 spiro atoms. The number of carbonyl (C=O) groups excluding carboxylic acids is 4. The largest absolute Gasteiger partial charge is 0.496 e. The van der Waals surface area contributed by atoms with Crippen LogP contribution >= 0.6 is 0 Å². The second kappa shape index (κ2) is 10.5. The van der Waals surface area contributed by atoms with Gasteiger partial charge in [0.1, 0.15) is 24.1 Å². The van der Waals surface area contributed by atoms with E-state index < -0.39 is 36.3 Å². The minimum absolute atomic E-state index is 0.00239. The summed E-state index contributed by atoms with van der Waals surface area (Å²) < 4.78 is 5.45. The van der Waals surface area contributed by atoms with Gasteiger partial charge in [-0.05, 0) is 74.0 Å². The molecular formula is C30H38N4O6. The van der Waals surface area contributed by atoms with Crippen LogP contribution in [0, 0.1) is 29.6 Å². The molecule has 1 aromatic carbocycles. The summed E-state index contributed by atoms with van der Waals surface area (Å²) >= 11 is 0. The summed E-state index contributed by atoms with van der Waals surface area (Å²) in [6.45, 7) is 1.87. The van der Waals surface area contributed by atoms with Gasteiger partial charge in [0.25, 0.3) is 5.91 Å². The van der Waals surface area contributed by atoms with Crippen molar-refractivity contribution in [2.45, 2.75) is 63.6 Å². The minimum atomic E-state index is -0.988. The number of hydrogen-bond donors (Lipinski definition) is 4. The van der Waals surface area contributed by atoms with Crippen molar-refractivity contribution in [2.75, 3.05) is 20.3 Å². The normalized spacial score (nSPS) is 31.6. The van der Waals surface area contributed by atoms with E-state index in [1.165, 1.54) is 0 Å². The van der Waals surface area contributed by atoms with Gasteiger partial charge in [0.05, 0.1) is 13.2 Å². The Balaban J connectivity index is 1.24. The first-order valence-electron chi connectivity index (χ1n) is 14.5. The van der Waals surface area contributed by atoms with E-state index in [-0.39, 0.29) is 42.0 Å². The Morgan fingerprint density at radius 2 is 2.00 bits per heavy atom. The first kappa shape index (κ1) is 26.8. The second-order valence-corrected chi connectivity index (χ2v) is 12.1. The number of benzene rings is 1. The van der Waals surface area contributed by atoms with Crippen molar-refractivity contribution in [1.82, 2.24) is 20.5 Å². The average Bonchev–Trinajstić information content (AvgIpc) is 3.76. The Kier molecular flexibility index (Phi) is 7.06. The SMILES string of the molecule is COc1cccc2[nH]c(C(=O)N3C[C@@H]4CCC[C@@H]4[C@H]3C(=O)N[C@@H](C[C@H]3C(=O)NC4[C@H](C)CC[C@@H]43)C(=O)CO)cc12. The highest BCUT2D eigenvalue weighted by Crippen LogP contribution is 2.44. The fourth-order valence-corrected chi connectivity index (χ4v) is 8.00. The molecule has 2 saturated carbocycles. The van der Waals surface area contributed by atoms with Crippen LogP contribution in [0.3, 0.4) is 0 Å². The molecule has 6 rings (SSSR count). The molecule has 10 nitrogen and oxygen atoms in total. The van der Waals surface area contributed by atoms with Crippen LogP contribution in [0.4, 0.5) is 0 Å². The third-order valence-corrected chi connectivity index (χ3v) is 10.0. The minimum Gasteiger partial charge on any atom is -0.496 e. The molecule has 2 saturated heterocycles. The van der Waals surface area contributed by atoms with Gasteiger partial charge in [0.2, 0.25) is 11.8 Å². The molecule has 2 aromatic rings. The molecular weight excluding hydrogens is 512 g/mol. The number of nitrogens with one attached hydrogen (secondary N) is 3. The molecule has 4 N–H and O–H groups in total. The van der Waals surface area contributed by atoms with Crippen molar-refractivity contribution >= 4 is 34.4 Å². The fourth-order valence-electron chi connectivity index (χ4n) is 8.00. The third kappa shape index (κ3) is 4.46. The lowest BCUT2D eigenvalue weighted by Crippen LogP contribution is -2.54. The maximum Gasteiger partial charge on any atom is 0.271 e. The number of aromatic amines is 1. The predicted molar refractivity (Wildman–Crippen MR) is 146 cm³/mol. The van der Waals surface area contributed by atoms with E-state index in [2.05, 4.69) is 22.5 Å². The number of ether oxygens (including phenoxy) is 1. The summed E-state index contributed by atoms with van der Waals surface area (Å²) in [5, 5.41) is 16.5. The first-order valence-corrected chi connectivity index (χ1v) is 14.5. The molecule has 3 amide bonds. The Bertz CT molecular complexity index is 1340. The van der Waals surface area contributed by atoms with Crippen LogP contribution in [-0.4, -0.2) is 76.9 Å². The first-order chi connectivity index (χ1) is 19.3. The number of Topliss-reactive ketones (excluding diaryl/α,β-unsaturated/α-hetero) is 1. The number of aliphatic hydroxyl groups excluding tert-OH is 1. The highest BCUT2D eigenvalue weighted by molar-refractivity contribution is 6.02. The van der Waals surface area contributed by atoms with E-state index in [1.807, 2.05) is 18.2 Å². The Morgan fingerprint density at radius 1 is 1.18 bits per heavy atom. The average molecular weight is 551 g/mol. The number of aliphatic hydroxyl groups is 1. The van der Waals surface area contributed by atoms with E-state index in [9.17, 15) is 24.3 Å². The van der Waals surface area contributed by atoms with Gasteiger partial charge in [-0.3, -0.25) is 19.2 Å². The summed E-state index contributed by atoms with van der Waals surface area (Å²) in [5.41, 5.74) is 1.15. The molecule has 40 heavy (non-hydrogen) atoms. The number of rotatable bonds is 8. The van der Waals surface area contributed by atoms with Crippen LogP contribution in [0.2, 0.25) is 0 Å². The lowest BCUT2D eigenvalue weighted by molar-refractivity contribution is -0.133. The number of methoxy groups -OCH3 is 1. The van der Waals surface area contributed by atoms with Gasteiger partial charge in [-0.2, -0.15) is 0 Å². The zero-order valence-corrected chi connectivity index (χ0v) is 23.0. The smallest absolute Gasteiger partial charge is 0.271 e. The Morgan fingerprint density at radius 3 is 2.77 bits per heavy atom. The summed E-state index contributed by atoms with van der Waals surface area (Å²) in [6, 6.07) is 5.69.